The Morgan fingerprint density at radius 2 is 1.77 bits per heavy atom. The van der Waals surface area contributed by atoms with Gasteiger partial charge in [-0.1, -0.05) is 0 Å². The number of carbonyl (C=O) groups excluding carboxylic acids is 3. The van der Waals surface area contributed by atoms with Crippen LogP contribution in [-0.2, 0) is 24.0 Å². The highest BCUT2D eigenvalue weighted by molar-refractivity contribution is 5.94. The Kier molecular flexibility index (Phi) is 9.62. The molecule has 1 heterocycles. The van der Waals surface area contributed by atoms with E-state index in [9.17, 15) is 29.1 Å². The smallest absolute Gasteiger partial charge is 0.328 e. The molecule has 170 valence electrons. The van der Waals surface area contributed by atoms with Gasteiger partial charge in [0, 0.05) is 13.0 Å². The lowest BCUT2D eigenvalue weighted by molar-refractivity contribution is -0.146. The Hall–Kier alpha value is -2.77. The molecule has 0 aliphatic carbocycles. The van der Waals surface area contributed by atoms with Crippen LogP contribution in [0.2, 0.25) is 0 Å². The molecule has 0 spiro atoms. The van der Waals surface area contributed by atoms with Crippen LogP contribution < -0.4 is 16.4 Å². The van der Waals surface area contributed by atoms with Crippen molar-refractivity contribution in [3.8, 4) is 0 Å². The molecule has 5 unspecified atom stereocenters. The van der Waals surface area contributed by atoms with Crippen molar-refractivity contribution < 1.29 is 44.4 Å². The van der Waals surface area contributed by atoms with Gasteiger partial charge in [0.25, 0.3) is 0 Å². The summed E-state index contributed by atoms with van der Waals surface area (Å²) in [6.45, 7) is 0.575. The van der Waals surface area contributed by atoms with E-state index >= 15 is 0 Å². The third-order valence-corrected chi connectivity index (χ3v) is 4.72. The predicted molar refractivity (Wildman–Crippen MR) is 99.8 cm³/mol. The van der Waals surface area contributed by atoms with Crippen LogP contribution in [0.5, 0.6) is 0 Å². The van der Waals surface area contributed by atoms with Crippen LogP contribution in [0.15, 0.2) is 0 Å². The number of amides is 3. The largest absolute Gasteiger partial charge is 0.481 e. The summed E-state index contributed by atoms with van der Waals surface area (Å²) >= 11 is 0. The summed E-state index contributed by atoms with van der Waals surface area (Å²) in [7, 11) is 0. The van der Waals surface area contributed by atoms with Gasteiger partial charge in [-0.25, -0.2) is 4.79 Å². The molecular formula is C17H28N4O9. The van der Waals surface area contributed by atoms with E-state index in [0.717, 1.165) is 4.90 Å². The molecule has 0 aromatic heterocycles. The van der Waals surface area contributed by atoms with E-state index in [1.165, 1.54) is 6.92 Å². The zero-order valence-corrected chi connectivity index (χ0v) is 16.5. The van der Waals surface area contributed by atoms with E-state index in [4.69, 9.17) is 21.1 Å². The van der Waals surface area contributed by atoms with Gasteiger partial charge in [0.2, 0.25) is 17.7 Å². The van der Waals surface area contributed by atoms with Gasteiger partial charge < -0.3 is 41.7 Å². The van der Waals surface area contributed by atoms with Gasteiger partial charge in [-0.3, -0.25) is 19.2 Å². The number of nitrogens with zero attached hydrogens (tertiary/aromatic N) is 1. The Morgan fingerprint density at radius 3 is 2.27 bits per heavy atom. The van der Waals surface area contributed by atoms with Crippen molar-refractivity contribution in [1.82, 2.24) is 15.5 Å². The maximum atomic E-state index is 13.0. The molecule has 0 saturated carbocycles. The van der Waals surface area contributed by atoms with Crippen molar-refractivity contribution in [2.24, 2.45) is 5.73 Å². The molecule has 1 fully saturated rings. The minimum atomic E-state index is -1.54. The maximum Gasteiger partial charge on any atom is 0.328 e. The zero-order valence-electron chi connectivity index (χ0n) is 16.5. The van der Waals surface area contributed by atoms with Gasteiger partial charge in [-0.2, -0.15) is 0 Å². The number of rotatable bonds is 11. The van der Waals surface area contributed by atoms with E-state index in [-0.39, 0.29) is 19.4 Å². The third-order valence-electron chi connectivity index (χ3n) is 4.72. The second-order valence-electron chi connectivity index (χ2n) is 7.03. The van der Waals surface area contributed by atoms with Gasteiger partial charge in [0.1, 0.15) is 24.2 Å². The topological polar surface area (TPSA) is 220 Å². The average Bonchev–Trinajstić information content (AvgIpc) is 3.17. The zero-order chi connectivity index (χ0) is 23.0. The molecule has 1 saturated heterocycles. The fraction of sp³-hybridized carbons (Fsp3) is 0.706. The highest BCUT2D eigenvalue weighted by Gasteiger charge is 2.39. The molecule has 1 aliphatic rings. The fourth-order valence-corrected chi connectivity index (χ4v) is 2.97. The summed E-state index contributed by atoms with van der Waals surface area (Å²) in [6, 6.07) is -5.23. The number of hydrogen-bond acceptors (Lipinski definition) is 8. The molecule has 3 amide bonds. The molecule has 8 N–H and O–H groups in total. The van der Waals surface area contributed by atoms with E-state index in [1.807, 2.05) is 0 Å². The Labute approximate surface area is 172 Å². The van der Waals surface area contributed by atoms with Crippen LogP contribution in [-0.4, -0.2) is 98.4 Å². The molecule has 0 aromatic rings. The first kappa shape index (κ1) is 25.3. The first-order chi connectivity index (χ1) is 14.0. The Balaban J connectivity index is 2.96. The quantitative estimate of drug-likeness (QED) is 0.171. The van der Waals surface area contributed by atoms with Gasteiger partial charge >= 0.3 is 11.9 Å². The lowest BCUT2D eigenvalue weighted by atomic mass is 10.1. The van der Waals surface area contributed by atoms with Crippen molar-refractivity contribution >= 4 is 29.7 Å². The summed E-state index contributed by atoms with van der Waals surface area (Å²) in [5.41, 5.74) is 5.55. The number of nitrogens with two attached hydrogens (primary N) is 1. The second kappa shape index (κ2) is 11.4. The van der Waals surface area contributed by atoms with Crippen molar-refractivity contribution in [3.05, 3.63) is 0 Å². The molecule has 30 heavy (non-hydrogen) atoms. The van der Waals surface area contributed by atoms with E-state index in [1.54, 1.807) is 0 Å². The summed E-state index contributed by atoms with van der Waals surface area (Å²) in [4.78, 5) is 60.6. The normalized spacial score (nSPS) is 20.0. The summed E-state index contributed by atoms with van der Waals surface area (Å²) in [6.07, 6.45) is -1.28. The number of aliphatic carboxylic acids is 2. The van der Waals surface area contributed by atoms with Gasteiger partial charge in [-0.05, 0) is 26.2 Å². The monoisotopic (exact) mass is 432 g/mol. The van der Waals surface area contributed by atoms with Crippen LogP contribution >= 0.6 is 0 Å². The molecule has 5 atom stereocenters. The van der Waals surface area contributed by atoms with Crippen molar-refractivity contribution in [1.29, 1.82) is 0 Å². The molecular weight excluding hydrogens is 404 g/mol. The SMILES string of the molecule is CC(O)C(N)C(=O)NC(CCC(=O)O)C(=O)N1CCCC1C(=O)NC(CO)C(=O)O. The highest BCUT2D eigenvalue weighted by Crippen LogP contribution is 2.20. The fourth-order valence-electron chi connectivity index (χ4n) is 2.97. The minimum Gasteiger partial charge on any atom is -0.481 e. The lowest BCUT2D eigenvalue weighted by Gasteiger charge is -2.30. The number of likely N-dealkylation sites (tertiary alicyclic amines) is 1. The first-order valence-electron chi connectivity index (χ1n) is 9.39. The van der Waals surface area contributed by atoms with Crippen molar-refractivity contribution in [2.75, 3.05) is 13.2 Å². The van der Waals surface area contributed by atoms with Gasteiger partial charge in [0.15, 0.2) is 0 Å². The van der Waals surface area contributed by atoms with Crippen molar-refractivity contribution in [2.45, 2.75) is 62.9 Å². The summed E-state index contributed by atoms with van der Waals surface area (Å²) < 4.78 is 0. The molecule has 1 rings (SSSR count). The van der Waals surface area contributed by atoms with Crippen molar-refractivity contribution in [3.63, 3.8) is 0 Å². The molecule has 0 bridgehead atoms. The average molecular weight is 432 g/mol. The van der Waals surface area contributed by atoms with Crippen LogP contribution in [0, 0.1) is 0 Å². The van der Waals surface area contributed by atoms with Crippen LogP contribution in [0.3, 0.4) is 0 Å². The summed E-state index contributed by atoms with van der Waals surface area (Å²) in [5.74, 6) is -5.02. The van der Waals surface area contributed by atoms with Crippen LogP contribution in [0.1, 0.15) is 32.6 Å². The number of aliphatic hydroxyl groups is 2. The number of nitrogens with one attached hydrogen (secondary N) is 2. The minimum absolute atomic E-state index is 0.135. The Bertz CT molecular complexity index is 670. The van der Waals surface area contributed by atoms with Gasteiger partial charge in [0.05, 0.1) is 12.7 Å². The van der Waals surface area contributed by atoms with Crippen LogP contribution in [0.4, 0.5) is 0 Å². The van der Waals surface area contributed by atoms with Crippen LogP contribution in [0.25, 0.3) is 0 Å². The number of carboxylic acids is 2. The van der Waals surface area contributed by atoms with E-state index < -0.39 is 73.0 Å². The number of carbonyl (C=O) groups is 5. The summed E-state index contributed by atoms with van der Waals surface area (Å²) in [5, 5.41) is 40.8. The lowest BCUT2D eigenvalue weighted by Crippen LogP contribution is -2.58. The predicted octanol–water partition coefficient (Wildman–Crippen LogP) is -3.40. The molecule has 13 nitrogen and oxygen atoms in total. The standard InChI is InChI=1S/C17H28N4O9/c1-8(23)13(18)15(27)19-9(4-5-12(24)25)16(28)21-6-2-3-11(21)14(26)20-10(7-22)17(29)30/h8-11,13,22-23H,2-7,18H2,1H3,(H,19,27)(H,20,26)(H,24,25)(H,29,30). The molecule has 0 radical (unpaired) electrons. The van der Waals surface area contributed by atoms with E-state index in [2.05, 4.69) is 10.6 Å². The second-order valence-corrected chi connectivity index (χ2v) is 7.03. The maximum absolute atomic E-state index is 13.0. The molecule has 0 aromatic carbocycles. The van der Waals surface area contributed by atoms with E-state index in [0.29, 0.717) is 6.42 Å². The number of aliphatic hydroxyl groups excluding tert-OH is 2. The number of hydrogen-bond donors (Lipinski definition) is 7. The molecule has 1 aliphatic heterocycles. The third kappa shape index (κ3) is 6.93. The first-order valence-corrected chi connectivity index (χ1v) is 9.39. The Morgan fingerprint density at radius 1 is 1.13 bits per heavy atom. The highest BCUT2D eigenvalue weighted by atomic mass is 16.4. The number of carboxylic acid groups (broad SMARTS) is 2. The molecule has 13 heteroatoms. The van der Waals surface area contributed by atoms with Gasteiger partial charge in [-0.15, -0.1) is 0 Å².